The predicted molar refractivity (Wildman–Crippen MR) is 117 cm³/mol. The van der Waals surface area contributed by atoms with E-state index in [1.54, 1.807) is 0 Å². The minimum Gasteiger partial charge on any atom is -0.103 e. The molecule has 25 heavy (non-hydrogen) atoms. The predicted octanol–water partition coefficient (Wildman–Crippen LogP) is 8.45. The molecule has 0 radical (unpaired) electrons. The second-order valence-corrected chi connectivity index (χ2v) is 7.52. The molecule has 0 spiro atoms. The Kier molecular flexibility index (Phi) is 11.5. The Morgan fingerprint density at radius 1 is 1.12 bits per heavy atom. The normalized spacial score (nSPS) is 17.5. The Morgan fingerprint density at radius 2 is 1.76 bits per heavy atom. The lowest BCUT2D eigenvalue weighted by molar-refractivity contribution is 0.487. The minimum absolute atomic E-state index is 0.0977. The molecule has 0 aromatic carbocycles. The Morgan fingerprint density at radius 3 is 2.20 bits per heavy atom. The van der Waals surface area contributed by atoms with Gasteiger partial charge >= 0.3 is 0 Å². The van der Waals surface area contributed by atoms with Gasteiger partial charge in [-0.25, -0.2) is 0 Å². The van der Waals surface area contributed by atoms with Gasteiger partial charge in [0.2, 0.25) is 0 Å². The summed E-state index contributed by atoms with van der Waals surface area (Å²) in [5.41, 5.74) is 4.21. The fourth-order valence-corrected chi connectivity index (χ4v) is 3.71. The van der Waals surface area contributed by atoms with Gasteiger partial charge in [-0.2, -0.15) is 0 Å². The van der Waals surface area contributed by atoms with Crippen molar-refractivity contribution < 1.29 is 0 Å². The SMILES string of the molecule is C=CCC(C)C(C)=C(C(C=C)CC)C(C)(C=CCCC)C(=C)CCC. The molecule has 0 amide bonds. The molecule has 0 N–H and O–H groups in total. The lowest BCUT2D eigenvalue weighted by Gasteiger charge is -2.38. The van der Waals surface area contributed by atoms with Crippen LogP contribution < -0.4 is 0 Å². The highest BCUT2D eigenvalue weighted by Gasteiger charge is 2.34. The van der Waals surface area contributed by atoms with Crippen LogP contribution >= 0.6 is 0 Å². The minimum atomic E-state index is -0.0977. The van der Waals surface area contributed by atoms with Crippen molar-refractivity contribution in [3.63, 3.8) is 0 Å². The molecule has 0 saturated carbocycles. The van der Waals surface area contributed by atoms with Crippen LogP contribution in [0.15, 0.2) is 60.8 Å². The van der Waals surface area contributed by atoms with Gasteiger partial charge in [0, 0.05) is 5.41 Å². The maximum Gasteiger partial charge on any atom is 0.0278 e. The second-order valence-electron chi connectivity index (χ2n) is 7.52. The first-order valence-corrected chi connectivity index (χ1v) is 10.1. The highest BCUT2D eigenvalue weighted by atomic mass is 14.4. The van der Waals surface area contributed by atoms with Crippen LogP contribution in [0.1, 0.15) is 80.1 Å². The third kappa shape index (κ3) is 6.49. The molecule has 0 aromatic rings. The molecule has 3 atom stereocenters. The molecule has 0 heterocycles. The van der Waals surface area contributed by atoms with Crippen molar-refractivity contribution in [2.45, 2.75) is 80.1 Å². The fraction of sp³-hybridized carbons (Fsp3) is 0.600. The van der Waals surface area contributed by atoms with Crippen LogP contribution in [0, 0.1) is 17.3 Å². The molecule has 0 aliphatic heterocycles. The first-order chi connectivity index (χ1) is 11.8. The van der Waals surface area contributed by atoms with Gasteiger partial charge in [-0.3, -0.25) is 0 Å². The zero-order chi connectivity index (χ0) is 19.5. The third-order valence-electron chi connectivity index (χ3n) is 5.53. The van der Waals surface area contributed by atoms with Crippen molar-refractivity contribution in [2.75, 3.05) is 0 Å². The topological polar surface area (TPSA) is 0 Å². The van der Waals surface area contributed by atoms with Crippen molar-refractivity contribution >= 4 is 0 Å². The summed E-state index contributed by atoms with van der Waals surface area (Å²) in [6.07, 6.45) is 15.5. The Labute approximate surface area is 158 Å². The first-order valence-electron chi connectivity index (χ1n) is 10.1. The highest BCUT2D eigenvalue weighted by Crippen LogP contribution is 2.46. The summed E-state index contributed by atoms with van der Waals surface area (Å²) < 4.78 is 0. The van der Waals surface area contributed by atoms with Crippen LogP contribution in [0.25, 0.3) is 0 Å². The van der Waals surface area contributed by atoms with Crippen molar-refractivity contribution in [2.24, 2.45) is 17.3 Å². The van der Waals surface area contributed by atoms with Gasteiger partial charge < -0.3 is 0 Å². The third-order valence-corrected chi connectivity index (χ3v) is 5.53. The van der Waals surface area contributed by atoms with Crippen LogP contribution in [0.4, 0.5) is 0 Å². The highest BCUT2D eigenvalue weighted by molar-refractivity contribution is 5.40. The van der Waals surface area contributed by atoms with Crippen LogP contribution in [0.2, 0.25) is 0 Å². The number of rotatable bonds is 13. The molecule has 142 valence electrons. The molecular formula is C25H42. The summed E-state index contributed by atoms with van der Waals surface area (Å²) in [6, 6.07) is 0. The van der Waals surface area contributed by atoms with E-state index in [-0.39, 0.29) is 5.41 Å². The molecule has 0 aliphatic rings. The number of unbranched alkanes of at least 4 members (excludes halogenated alkanes) is 1. The number of allylic oxidation sites excluding steroid dienone is 7. The van der Waals surface area contributed by atoms with Gasteiger partial charge in [-0.15, -0.1) is 13.2 Å². The quantitative estimate of drug-likeness (QED) is 0.294. The average molecular weight is 343 g/mol. The van der Waals surface area contributed by atoms with Crippen molar-refractivity contribution in [1.29, 1.82) is 0 Å². The number of hydrogen-bond donors (Lipinski definition) is 0. The van der Waals surface area contributed by atoms with Crippen LogP contribution in [0.3, 0.4) is 0 Å². The largest absolute Gasteiger partial charge is 0.103 e. The maximum atomic E-state index is 4.52. The summed E-state index contributed by atoms with van der Waals surface area (Å²) in [5, 5.41) is 0. The van der Waals surface area contributed by atoms with E-state index in [1.165, 1.54) is 23.1 Å². The van der Waals surface area contributed by atoms with E-state index in [1.807, 2.05) is 6.08 Å². The summed E-state index contributed by atoms with van der Waals surface area (Å²) in [6.45, 7) is 26.3. The van der Waals surface area contributed by atoms with E-state index in [2.05, 4.69) is 79.5 Å². The average Bonchev–Trinajstić information content (AvgIpc) is 2.59. The zero-order valence-electron chi connectivity index (χ0n) is 17.8. The molecule has 0 rings (SSSR count). The molecule has 0 fully saturated rings. The standard InChI is InChI=1S/C25H42/c1-10-15-16-19-25(9,21(7)18-12-3)24(23(13-4)14-5)22(8)20(6)17-11-2/h11,13,16,19-20,23H,2,4,7,10,12,14-15,17-18H2,1,3,5-6,8-9H3. The zero-order valence-corrected chi connectivity index (χ0v) is 17.8. The van der Waals surface area contributed by atoms with E-state index in [0.717, 1.165) is 32.1 Å². The smallest absolute Gasteiger partial charge is 0.0278 e. The molecule has 0 bridgehead atoms. The first kappa shape index (κ1) is 23.7. The molecule has 0 aliphatic carbocycles. The van der Waals surface area contributed by atoms with E-state index in [9.17, 15) is 0 Å². The van der Waals surface area contributed by atoms with Gasteiger partial charge in [-0.05, 0) is 51.4 Å². The Balaban J connectivity index is 6.41. The summed E-state index contributed by atoms with van der Waals surface area (Å²) in [5.74, 6) is 0.881. The van der Waals surface area contributed by atoms with E-state index >= 15 is 0 Å². The van der Waals surface area contributed by atoms with Crippen molar-refractivity contribution in [3.05, 3.63) is 60.8 Å². The van der Waals surface area contributed by atoms with Crippen molar-refractivity contribution in [3.8, 4) is 0 Å². The Hall–Kier alpha value is -1.30. The van der Waals surface area contributed by atoms with Crippen LogP contribution in [-0.2, 0) is 0 Å². The van der Waals surface area contributed by atoms with E-state index in [0.29, 0.717) is 11.8 Å². The molecule has 0 heteroatoms. The van der Waals surface area contributed by atoms with Crippen LogP contribution in [-0.4, -0.2) is 0 Å². The molecule has 0 aromatic heterocycles. The molecule has 3 unspecified atom stereocenters. The lowest BCUT2D eigenvalue weighted by atomic mass is 9.66. The maximum absolute atomic E-state index is 4.52. The molecule has 0 saturated heterocycles. The van der Waals surface area contributed by atoms with Gasteiger partial charge in [-0.1, -0.05) is 88.1 Å². The van der Waals surface area contributed by atoms with Gasteiger partial charge in [0.15, 0.2) is 0 Å². The van der Waals surface area contributed by atoms with Gasteiger partial charge in [0.25, 0.3) is 0 Å². The Bertz CT molecular complexity index is 488. The second kappa shape index (κ2) is 12.1. The summed E-state index contributed by atoms with van der Waals surface area (Å²) in [7, 11) is 0. The lowest BCUT2D eigenvalue weighted by Crippen LogP contribution is -2.26. The van der Waals surface area contributed by atoms with E-state index in [4.69, 9.17) is 0 Å². The summed E-state index contributed by atoms with van der Waals surface area (Å²) >= 11 is 0. The summed E-state index contributed by atoms with van der Waals surface area (Å²) in [4.78, 5) is 0. The number of hydrogen-bond acceptors (Lipinski definition) is 0. The van der Waals surface area contributed by atoms with Crippen molar-refractivity contribution in [1.82, 2.24) is 0 Å². The van der Waals surface area contributed by atoms with Crippen LogP contribution in [0.5, 0.6) is 0 Å². The van der Waals surface area contributed by atoms with Gasteiger partial charge in [0.1, 0.15) is 0 Å². The fourth-order valence-electron chi connectivity index (χ4n) is 3.71. The van der Waals surface area contributed by atoms with E-state index < -0.39 is 0 Å². The molecular weight excluding hydrogens is 300 g/mol. The molecule has 0 nitrogen and oxygen atoms in total. The monoisotopic (exact) mass is 342 g/mol. The van der Waals surface area contributed by atoms with Gasteiger partial charge in [0.05, 0.1) is 0 Å².